The van der Waals surface area contributed by atoms with E-state index < -0.39 is 27.8 Å². The molecule has 0 bridgehead atoms. The van der Waals surface area contributed by atoms with Crippen molar-refractivity contribution < 1.29 is 21.1 Å². The van der Waals surface area contributed by atoms with Crippen LogP contribution < -0.4 is 0 Å². The highest BCUT2D eigenvalue weighted by Gasteiger charge is 2.39. The molecular formula is C7H11F3O2S. The van der Waals surface area contributed by atoms with Crippen molar-refractivity contribution in [3.8, 4) is 0 Å². The first-order valence-electron chi connectivity index (χ1n) is 4.12. The van der Waals surface area contributed by atoms with Crippen molar-refractivity contribution >= 4 is 10.2 Å². The van der Waals surface area contributed by atoms with E-state index in [9.17, 15) is 21.1 Å². The van der Waals surface area contributed by atoms with Crippen LogP contribution in [0.1, 0.15) is 32.1 Å². The predicted octanol–water partition coefficient (Wildman–Crippen LogP) is 2.25. The smallest absolute Gasteiger partial charge is 0.207 e. The Morgan fingerprint density at radius 2 is 1.85 bits per heavy atom. The van der Waals surface area contributed by atoms with E-state index in [1.54, 1.807) is 0 Å². The number of rotatable bonds is 1. The molecule has 1 atom stereocenters. The van der Waals surface area contributed by atoms with Crippen molar-refractivity contribution in [1.82, 2.24) is 0 Å². The number of hydrogen-bond donors (Lipinski definition) is 0. The highest BCUT2D eigenvalue weighted by molar-refractivity contribution is 7.87. The Morgan fingerprint density at radius 1 is 1.23 bits per heavy atom. The van der Waals surface area contributed by atoms with Gasteiger partial charge >= 0.3 is 10.2 Å². The maximum Gasteiger partial charge on any atom is 0.305 e. The van der Waals surface area contributed by atoms with Crippen LogP contribution in [0.5, 0.6) is 0 Å². The van der Waals surface area contributed by atoms with Crippen LogP contribution in [-0.4, -0.2) is 19.6 Å². The molecule has 0 aromatic carbocycles. The van der Waals surface area contributed by atoms with E-state index in [1.807, 2.05) is 0 Å². The first kappa shape index (κ1) is 10.8. The Labute approximate surface area is 75.3 Å². The van der Waals surface area contributed by atoms with Crippen molar-refractivity contribution in [3.05, 3.63) is 0 Å². The second kappa shape index (κ2) is 3.48. The molecule has 1 aliphatic rings. The Hall–Kier alpha value is -0.260. The molecular weight excluding hydrogens is 205 g/mol. The molecule has 0 aromatic rings. The lowest BCUT2D eigenvalue weighted by atomic mass is 10.1. The third kappa shape index (κ3) is 3.17. The molecule has 0 N–H and O–H groups in total. The summed E-state index contributed by atoms with van der Waals surface area (Å²) >= 11 is 0. The van der Waals surface area contributed by atoms with Crippen LogP contribution in [0.3, 0.4) is 0 Å². The molecule has 6 heteroatoms. The molecule has 0 amide bonds. The minimum absolute atomic E-state index is 0.00836. The van der Waals surface area contributed by atoms with Gasteiger partial charge in [-0.15, -0.1) is 3.89 Å². The van der Waals surface area contributed by atoms with Crippen LogP contribution in [0.15, 0.2) is 0 Å². The van der Waals surface area contributed by atoms with Crippen molar-refractivity contribution in [1.29, 1.82) is 0 Å². The quantitative estimate of drug-likeness (QED) is 0.497. The molecule has 0 aromatic heterocycles. The zero-order chi connectivity index (χ0) is 10.1. The monoisotopic (exact) mass is 216 g/mol. The zero-order valence-electron chi connectivity index (χ0n) is 6.97. The summed E-state index contributed by atoms with van der Waals surface area (Å²) in [6.45, 7) is 0. The first-order valence-corrected chi connectivity index (χ1v) is 5.57. The first-order chi connectivity index (χ1) is 5.81. The van der Waals surface area contributed by atoms with Gasteiger partial charge in [-0.25, -0.2) is 8.78 Å². The van der Waals surface area contributed by atoms with Crippen LogP contribution in [0.4, 0.5) is 12.7 Å². The third-order valence-electron chi connectivity index (χ3n) is 2.24. The van der Waals surface area contributed by atoms with Gasteiger partial charge in [0.05, 0.1) is 5.25 Å². The molecule has 0 aliphatic heterocycles. The molecule has 1 rings (SSSR count). The van der Waals surface area contributed by atoms with Gasteiger partial charge in [0.2, 0.25) is 5.92 Å². The summed E-state index contributed by atoms with van der Waals surface area (Å²) in [5, 5.41) is -1.51. The SMILES string of the molecule is O=S(=O)(F)C1CCCCC(F)(F)C1. The van der Waals surface area contributed by atoms with Gasteiger partial charge in [-0.2, -0.15) is 8.42 Å². The summed E-state index contributed by atoms with van der Waals surface area (Å²) in [5.74, 6) is -3.03. The van der Waals surface area contributed by atoms with E-state index in [4.69, 9.17) is 0 Å². The maximum absolute atomic E-state index is 12.8. The van der Waals surface area contributed by atoms with E-state index in [0.717, 1.165) is 0 Å². The topological polar surface area (TPSA) is 34.1 Å². The van der Waals surface area contributed by atoms with Gasteiger partial charge in [-0.3, -0.25) is 0 Å². The van der Waals surface area contributed by atoms with Gasteiger partial charge in [-0.05, 0) is 12.8 Å². The minimum Gasteiger partial charge on any atom is -0.207 e. The van der Waals surface area contributed by atoms with Gasteiger partial charge in [0, 0.05) is 12.8 Å². The van der Waals surface area contributed by atoms with E-state index >= 15 is 0 Å². The van der Waals surface area contributed by atoms with Gasteiger partial charge in [0.15, 0.2) is 0 Å². The van der Waals surface area contributed by atoms with Crippen LogP contribution in [-0.2, 0) is 10.2 Å². The van der Waals surface area contributed by atoms with Crippen molar-refractivity contribution in [2.75, 3.05) is 0 Å². The lowest BCUT2D eigenvalue weighted by Crippen LogP contribution is -2.25. The summed E-state index contributed by atoms with van der Waals surface area (Å²) in [4.78, 5) is 0. The average Bonchev–Trinajstić information content (AvgIpc) is 2.08. The Balaban J connectivity index is 2.77. The van der Waals surface area contributed by atoms with Gasteiger partial charge in [0.25, 0.3) is 0 Å². The maximum atomic E-state index is 12.8. The Kier molecular flexibility index (Phi) is 2.89. The molecule has 1 fully saturated rings. The predicted molar refractivity (Wildman–Crippen MR) is 41.8 cm³/mol. The van der Waals surface area contributed by atoms with Crippen LogP contribution in [0, 0.1) is 0 Å². The molecule has 1 unspecified atom stereocenters. The van der Waals surface area contributed by atoms with E-state index in [1.165, 1.54) is 0 Å². The molecule has 13 heavy (non-hydrogen) atoms. The summed E-state index contributed by atoms with van der Waals surface area (Å²) in [6.07, 6.45) is -0.582. The lowest BCUT2D eigenvalue weighted by molar-refractivity contribution is -0.0133. The van der Waals surface area contributed by atoms with Gasteiger partial charge in [0.1, 0.15) is 0 Å². The van der Waals surface area contributed by atoms with E-state index in [-0.39, 0.29) is 19.3 Å². The number of halogens is 3. The summed E-state index contributed by atoms with van der Waals surface area (Å²) < 4.78 is 58.9. The molecule has 0 radical (unpaired) electrons. The highest BCUT2D eigenvalue weighted by atomic mass is 32.3. The fraction of sp³-hybridized carbons (Fsp3) is 1.00. The molecule has 78 valence electrons. The molecule has 1 aliphatic carbocycles. The number of hydrogen-bond acceptors (Lipinski definition) is 2. The molecule has 2 nitrogen and oxygen atoms in total. The van der Waals surface area contributed by atoms with Crippen LogP contribution >= 0.6 is 0 Å². The third-order valence-corrected chi connectivity index (χ3v) is 3.44. The van der Waals surface area contributed by atoms with Gasteiger partial charge in [-0.1, -0.05) is 6.42 Å². The normalized spacial score (nSPS) is 29.6. The Bertz CT molecular complexity index is 273. The number of alkyl halides is 2. The average molecular weight is 216 g/mol. The fourth-order valence-corrected chi connectivity index (χ4v) is 2.42. The highest BCUT2D eigenvalue weighted by Crippen LogP contribution is 2.35. The summed E-state index contributed by atoms with van der Waals surface area (Å²) in [7, 11) is -4.80. The van der Waals surface area contributed by atoms with Crippen LogP contribution in [0.25, 0.3) is 0 Å². The molecule has 1 saturated carbocycles. The second-order valence-electron chi connectivity index (χ2n) is 3.40. The van der Waals surface area contributed by atoms with E-state index in [2.05, 4.69) is 0 Å². The van der Waals surface area contributed by atoms with E-state index in [0.29, 0.717) is 6.42 Å². The summed E-state index contributed by atoms with van der Waals surface area (Å²) in [5.41, 5.74) is 0. The van der Waals surface area contributed by atoms with Crippen LogP contribution in [0.2, 0.25) is 0 Å². The lowest BCUT2D eigenvalue weighted by Gasteiger charge is -2.15. The Morgan fingerprint density at radius 3 is 2.38 bits per heavy atom. The molecule has 0 spiro atoms. The van der Waals surface area contributed by atoms with Crippen molar-refractivity contribution in [2.45, 2.75) is 43.3 Å². The standard InChI is InChI=1S/C7H11F3O2S/c8-7(9)4-2-1-3-6(5-7)13(10,11)12/h6H,1-5H2. The molecule has 0 heterocycles. The van der Waals surface area contributed by atoms with Crippen molar-refractivity contribution in [2.24, 2.45) is 0 Å². The van der Waals surface area contributed by atoms with Gasteiger partial charge < -0.3 is 0 Å². The zero-order valence-corrected chi connectivity index (χ0v) is 7.79. The second-order valence-corrected chi connectivity index (χ2v) is 5.02. The largest absolute Gasteiger partial charge is 0.305 e. The fourth-order valence-electron chi connectivity index (χ4n) is 1.53. The minimum atomic E-state index is -4.80. The summed E-state index contributed by atoms with van der Waals surface area (Å²) in [6, 6.07) is 0. The molecule has 0 saturated heterocycles. The van der Waals surface area contributed by atoms with Crippen molar-refractivity contribution in [3.63, 3.8) is 0 Å².